The molecule has 0 heterocycles. The van der Waals surface area contributed by atoms with E-state index < -0.39 is 24.0 Å². The molecule has 136 valence electrons. The summed E-state index contributed by atoms with van der Waals surface area (Å²) in [5, 5.41) is 4.67. The first-order chi connectivity index (χ1) is 12.4. The number of carbonyl (C=O) groups excluding carboxylic acids is 3. The van der Waals surface area contributed by atoms with Gasteiger partial charge in [0.25, 0.3) is 5.91 Å². The largest absolute Gasteiger partial charge is 0.444 e. The minimum Gasteiger partial charge on any atom is -0.444 e. The van der Waals surface area contributed by atoms with E-state index in [0.29, 0.717) is 17.7 Å². The zero-order chi connectivity index (χ0) is 19.1. The van der Waals surface area contributed by atoms with E-state index in [-0.39, 0.29) is 0 Å². The van der Waals surface area contributed by atoms with E-state index >= 15 is 0 Å². The predicted molar refractivity (Wildman–Crippen MR) is 97.7 cm³/mol. The Morgan fingerprint density at radius 1 is 1.00 bits per heavy atom. The van der Waals surface area contributed by atoms with Crippen LogP contribution in [0.5, 0.6) is 0 Å². The Morgan fingerprint density at radius 2 is 1.69 bits per heavy atom. The molecule has 2 rings (SSSR count). The molecule has 2 aromatic carbocycles. The molecule has 26 heavy (non-hydrogen) atoms. The molecule has 0 spiro atoms. The van der Waals surface area contributed by atoms with Gasteiger partial charge in [0.1, 0.15) is 0 Å². The topological polar surface area (TPSA) is 84.5 Å². The summed E-state index contributed by atoms with van der Waals surface area (Å²) >= 11 is 0. The zero-order valence-electron chi connectivity index (χ0n) is 15.0. The van der Waals surface area contributed by atoms with Gasteiger partial charge in [-0.1, -0.05) is 42.5 Å². The normalized spacial score (nSPS) is 11.3. The van der Waals surface area contributed by atoms with Gasteiger partial charge in [-0.2, -0.15) is 0 Å². The molecule has 0 radical (unpaired) electrons. The fourth-order valence-electron chi connectivity index (χ4n) is 2.43. The van der Waals surface area contributed by atoms with Gasteiger partial charge in [0.2, 0.25) is 6.10 Å². The maximum atomic E-state index is 12.6. The smallest absolute Gasteiger partial charge is 0.339 e. The monoisotopic (exact) mass is 354 g/mol. The summed E-state index contributed by atoms with van der Waals surface area (Å²) in [5.74, 6) is -1.33. The molecule has 0 aliphatic carbocycles. The molecule has 6 heteroatoms. The molecule has 0 aromatic heterocycles. The van der Waals surface area contributed by atoms with Crippen molar-refractivity contribution in [3.05, 3.63) is 70.8 Å². The van der Waals surface area contributed by atoms with E-state index in [2.05, 4.69) is 10.6 Å². The van der Waals surface area contributed by atoms with E-state index in [9.17, 15) is 14.4 Å². The Bertz CT molecular complexity index is 803. The van der Waals surface area contributed by atoms with Crippen molar-refractivity contribution in [1.82, 2.24) is 10.6 Å². The molecule has 0 fully saturated rings. The molecular formula is C20H22N2O4. The Labute approximate surface area is 152 Å². The van der Waals surface area contributed by atoms with Crippen molar-refractivity contribution < 1.29 is 19.1 Å². The number of urea groups is 1. The molecule has 2 N–H and O–H groups in total. The van der Waals surface area contributed by atoms with Crippen LogP contribution in [-0.2, 0) is 9.53 Å². The van der Waals surface area contributed by atoms with E-state index in [0.717, 1.165) is 11.1 Å². The lowest BCUT2D eigenvalue weighted by molar-refractivity contribution is -0.129. The lowest BCUT2D eigenvalue weighted by Gasteiger charge is -2.18. The second-order valence-electron chi connectivity index (χ2n) is 5.79. The number of amides is 3. The Morgan fingerprint density at radius 3 is 2.35 bits per heavy atom. The van der Waals surface area contributed by atoms with E-state index in [1.165, 1.54) is 0 Å². The number of rotatable bonds is 5. The third-order valence-electron chi connectivity index (χ3n) is 3.96. The first-order valence-electron chi connectivity index (χ1n) is 8.34. The van der Waals surface area contributed by atoms with Crippen LogP contribution in [0.1, 0.15) is 40.1 Å². The molecule has 2 aromatic rings. The summed E-state index contributed by atoms with van der Waals surface area (Å²) in [7, 11) is 0. The van der Waals surface area contributed by atoms with Crippen LogP contribution in [0.15, 0.2) is 48.5 Å². The summed E-state index contributed by atoms with van der Waals surface area (Å²) < 4.78 is 5.47. The van der Waals surface area contributed by atoms with E-state index in [1.54, 1.807) is 49.4 Å². The molecule has 3 amide bonds. The SMILES string of the molecule is CCNC(=O)NC(=O)[C@@H](OC(=O)c1cccc(C)c1C)c1ccccc1. The van der Waals surface area contributed by atoms with Gasteiger partial charge in [-0.15, -0.1) is 0 Å². The number of ether oxygens (including phenoxy) is 1. The molecule has 0 saturated heterocycles. The van der Waals surface area contributed by atoms with Crippen LogP contribution < -0.4 is 10.6 Å². The molecule has 0 bridgehead atoms. The van der Waals surface area contributed by atoms with Gasteiger partial charge in [0.15, 0.2) is 0 Å². The molecule has 0 aliphatic rings. The van der Waals surface area contributed by atoms with Crippen LogP contribution in [0.2, 0.25) is 0 Å². The van der Waals surface area contributed by atoms with Gasteiger partial charge < -0.3 is 10.1 Å². The highest BCUT2D eigenvalue weighted by molar-refractivity contribution is 5.99. The maximum Gasteiger partial charge on any atom is 0.339 e. The van der Waals surface area contributed by atoms with Crippen molar-refractivity contribution in [3.63, 3.8) is 0 Å². The van der Waals surface area contributed by atoms with E-state index in [4.69, 9.17) is 4.74 Å². The van der Waals surface area contributed by atoms with Crippen LogP contribution >= 0.6 is 0 Å². The summed E-state index contributed by atoms with van der Waals surface area (Å²) in [6, 6.07) is 13.2. The van der Waals surface area contributed by atoms with Crippen molar-refractivity contribution in [3.8, 4) is 0 Å². The second kappa shape index (κ2) is 8.80. The van der Waals surface area contributed by atoms with Gasteiger partial charge >= 0.3 is 12.0 Å². The quantitative estimate of drug-likeness (QED) is 0.808. The molecule has 6 nitrogen and oxygen atoms in total. The first-order valence-corrected chi connectivity index (χ1v) is 8.34. The number of esters is 1. The molecule has 0 saturated carbocycles. The highest BCUT2D eigenvalue weighted by Crippen LogP contribution is 2.21. The third kappa shape index (κ3) is 4.69. The van der Waals surface area contributed by atoms with Crippen LogP contribution in [0, 0.1) is 13.8 Å². The van der Waals surface area contributed by atoms with Crippen LogP contribution in [0.25, 0.3) is 0 Å². The van der Waals surface area contributed by atoms with Gasteiger partial charge in [0, 0.05) is 12.1 Å². The minimum absolute atomic E-state index is 0.372. The number of benzene rings is 2. The van der Waals surface area contributed by atoms with Crippen molar-refractivity contribution in [2.45, 2.75) is 26.9 Å². The number of carbonyl (C=O) groups is 3. The average Bonchev–Trinajstić information content (AvgIpc) is 2.62. The van der Waals surface area contributed by atoms with Crippen LogP contribution in [0.4, 0.5) is 4.79 Å². The number of hydrogen-bond donors (Lipinski definition) is 2. The van der Waals surface area contributed by atoms with Crippen molar-refractivity contribution in [1.29, 1.82) is 0 Å². The predicted octanol–water partition coefficient (Wildman–Crippen LogP) is 3.05. The standard InChI is InChI=1S/C20H22N2O4/c1-4-21-20(25)22-18(23)17(15-10-6-5-7-11-15)26-19(24)16-12-8-9-13(2)14(16)3/h5-12,17H,4H2,1-3H3,(H2,21,22,23,25)/t17-/m0/s1. The molecule has 1 atom stereocenters. The summed E-state index contributed by atoms with van der Waals surface area (Å²) in [6.45, 7) is 5.82. The Kier molecular flexibility index (Phi) is 6.49. The fourth-order valence-corrected chi connectivity index (χ4v) is 2.43. The van der Waals surface area contributed by atoms with Gasteiger partial charge in [-0.25, -0.2) is 9.59 Å². The van der Waals surface area contributed by atoms with Crippen molar-refractivity contribution >= 4 is 17.9 Å². The first kappa shape index (κ1) is 19.2. The fraction of sp³-hybridized carbons (Fsp3) is 0.250. The number of nitrogens with one attached hydrogen (secondary N) is 2. The second-order valence-corrected chi connectivity index (χ2v) is 5.79. The zero-order valence-corrected chi connectivity index (χ0v) is 15.0. The highest BCUT2D eigenvalue weighted by Gasteiger charge is 2.27. The molecule has 0 aliphatic heterocycles. The lowest BCUT2D eigenvalue weighted by Crippen LogP contribution is -2.42. The molecule has 0 unspecified atom stereocenters. The Balaban J connectivity index is 2.27. The van der Waals surface area contributed by atoms with Gasteiger partial charge in [-0.05, 0) is 38.0 Å². The molecular weight excluding hydrogens is 332 g/mol. The van der Waals surface area contributed by atoms with Crippen LogP contribution in [0.3, 0.4) is 0 Å². The van der Waals surface area contributed by atoms with E-state index in [1.807, 2.05) is 19.9 Å². The van der Waals surface area contributed by atoms with Crippen molar-refractivity contribution in [2.24, 2.45) is 0 Å². The maximum absolute atomic E-state index is 12.6. The van der Waals surface area contributed by atoms with Crippen molar-refractivity contribution in [2.75, 3.05) is 6.54 Å². The third-order valence-corrected chi connectivity index (χ3v) is 3.96. The highest BCUT2D eigenvalue weighted by atomic mass is 16.5. The number of aryl methyl sites for hydroxylation is 1. The van der Waals surface area contributed by atoms with Gasteiger partial charge in [-0.3, -0.25) is 10.1 Å². The Hall–Kier alpha value is -3.15. The average molecular weight is 354 g/mol. The summed E-state index contributed by atoms with van der Waals surface area (Å²) in [6.07, 6.45) is -1.23. The summed E-state index contributed by atoms with van der Waals surface area (Å²) in [5.41, 5.74) is 2.60. The summed E-state index contributed by atoms with van der Waals surface area (Å²) in [4.78, 5) is 36.8. The lowest BCUT2D eigenvalue weighted by atomic mass is 10.0. The number of hydrogen-bond acceptors (Lipinski definition) is 4. The minimum atomic E-state index is -1.23. The van der Waals surface area contributed by atoms with Gasteiger partial charge in [0.05, 0.1) is 5.56 Å². The van der Waals surface area contributed by atoms with Crippen LogP contribution in [-0.4, -0.2) is 24.5 Å². The number of imide groups is 1.